The van der Waals surface area contributed by atoms with Crippen LogP contribution in [0.25, 0.3) is 16.6 Å². The van der Waals surface area contributed by atoms with Crippen LogP contribution in [-0.4, -0.2) is 27.8 Å². The van der Waals surface area contributed by atoms with E-state index in [2.05, 4.69) is 6.92 Å². The second-order valence-electron chi connectivity index (χ2n) is 6.11. The van der Waals surface area contributed by atoms with Crippen molar-refractivity contribution in [1.29, 1.82) is 0 Å². The highest BCUT2D eigenvalue weighted by Gasteiger charge is 2.19. The highest BCUT2D eigenvalue weighted by atomic mass is 35.5. The van der Waals surface area contributed by atoms with Crippen molar-refractivity contribution in [2.45, 2.75) is 32.8 Å². The molecular formula is C20H21ClN2O3. The highest BCUT2D eigenvalue weighted by molar-refractivity contribution is 6.30. The van der Waals surface area contributed by atoms with E-state index in [1.807, 2.05) is 40.9 Å². The summed E-state index contributed by atoms with van der Waals surface area (Å²) in [5.41, 5.74) is 5.60. The van der Waals surface area contributed by atoms with Gasteiger partial charge in [0.15, 0.2) is 0 Å². The van der Waals surface area contributed by atoms with Crippen molar-refractivity contribution in [1.82, 2.24) is 9.61 Å². The van der Waals surface area contributed by atoms with E-state index >= 15 is 0 Å². The van der Waals surface area contributed by atoms with Crippen molar-refractivity contribution in [3.05, 3.63) is 58.4 Å². The summed E-state index contributed by atoms with van der Waals surface area (Å²) < 4.78 is 7.27. The third kappa shape index (κ3) is 3.59. The monoisotopic (exact) mass is 372 g/mol. The Hall–Kier alpha value is -2.37. The molecule has 0 unspecified atom stereocenters. The van der Waals surface area contributed by atoms with Crippen LogP contribution in [0, 0.1) is 0 Å². The predicted molar refractivity (Wildman–Crippen MR) is 102 cm³/mol. The molecule has 2 heterocycles. The van der Waals surface area contributed by atoms with Crippen molar-refractivity contribution in [3.8, 4) is 11.1 Å². The molecule has 0 spiro atoms. The highest BCUT2D eigenvalue weighted by Crippen LogP contribution is 2.34. The van der Waals surface area contributed by atoms with E-state index in [9.17, 15) is 9.90 Å². The number of methoxy groups -OCH3 is 1. The molecule has 0 bridgehead atoms. The first-order valence-electron chi connectivity index (χ1n) is 8.54. The lowest BCUT2D eigenvalue weighted by molar-refractivity contribution is -0.136. The molecule has 2 aromatic heterocycles. The lowest BCUT2D eigenvalue weighted by atomic mass is 9.95. The van der Waals surface area contributed by atoms with Gasteiger partial charge in [-0.1, -0.05) is 30.7 Å². The van der Waals surface area contributed by atoms with Crippen LogP contribution in [0.5, 0.6) is 0 Å². The molecule has 1 aromatic carbocycles. The van der Waals surface area contributed by atoms with Crippen LogP contribution in [0.4, 0.5) is 0 Å². The zero-order chi connectivity index (χ0) is 18.7. The first kappa shape index (κ1) is 18.4. The van der Waals surface area contributed by atoms with Crippen LogP contribution in [0.15, 0.2) is 36.4 Å². The fraction of sp³-hybridized carbons (Fsp3) is 0.300. The van der Waals surface area contributed by atoms with Crippen LogP contribution in [-0.2, 0) is 29.0 Å². The van der Waals surface area contributed by atoms with E-state index < -0.39 is 5.97 Å². The van der Waals surface area contributed by atoms with Gasteiger partial charge in [-0.3, -0.25) is 4.79 Å². The minimum Gasteiger partial charge on any atom is -0.481 e. The van der Waals surface area contributed by atoms with Gasteiger partial charge in [-0.2, -0.15) is 5.10 Å². The van der Waals surface area contributed by atoms with Gasteiger partial charge in [-0.05, 0) is 48.2 Å². The molecule has 3 aromatic rings. The molecule has 1 N–H and O–H groups in total. The number of nitrogens with zero attached hydrogens (tertiary/aromatic N) is 2. The first-order chi connectivity index (χ1) is 12.5. The Morgan fingerprint density at radius 3 is 2.77 bits per heavy atom. The molecule has 0 aliphatic carbocycles. The second-order valence-corrected chi connectivity index (χ2v) is 6.55. The molecule has 0 amide bonds. The minimum atomic E-state index is -0.838. The van der Waals surface area contributed by atoms with Gasteiger partial charge in [-0.15, -0.1) is 0 Å². The number of carboxylic acid groups (broad SMARTS) is 1. The maximum Gasteiger partial charge on any atom is 0.303 e. The van der Waals surface area contributed by atoms with Gasteiger partial charge in [0.2, 0.25) is 0 Å². The Balaban J connectivity index is 2.33. The molecule has 0 atom stereocenters. The standard InChI is InChI=1S/C20H21ClN2O3/c1-3-15-7-9-18-20(13-5-4-6-14(21)11-13)16(8-10-19(24)25)17(12-26-2)22-23(15)18/h4-7,9,11H,3,8,10,12H2,1-2H3,(H,24,25). The average molecular weight is 373 g/mol. The molecule has 5 nitrogen and oxygen atoms in total. The molecule has 6 heteroatoms. The molecule has 0 aliphatic rings. The van der Waals surface area contributed by atoms with E-state index in [0.717, 1.165) is 40.0 Å². The van der Waals surface area contributed by atoms with Crippen LogP contribution in [0.1, 0.15) is 30.3 Å². The lowest BCUT2D eigenvalue weighted by Gasteiger charge is -2.17. The zero-order valence-electron chi connectivity index (χ0n) is 14.8. The van der Waals surface area contributed by atoms with Gasteiger partial charge in [0, 0.05) is 29.8 Å². The maximum atomic E-state index is 11.2. The maximum absolute atomic E-state index is 11.2. The molecule has 0 saturated heterocycles. The number of fused-ring (bicyclic) bond motifs is 1. The van der Waals surface area contributed by atoms with Gasteiger partial charge in [0.1, 0.15) is 0 Å². The van der Waals surface area contributed by atoms with Gasteiger partial charge in [0.05, 0.1) is 17.8 Å². The van der Waals surface area contributed by atoms with Crippen molar-refractivity contribution < 1.29 is 14.6 Å². The quantitative estimate of drug-likeness (QED) is 0.668. The number of hydrogen-bond acceptors (Lipinski definition) is 3. The second kappa shape index (κ2) is 7.89. The molecule has 0 radical (unpaired) electrons. The van der Waals surface area contributed by atoms with Gasteiger partial charge in [0.25, 0.3) is 0 Å². The number of carboxylic acids is 1. The third-order valence-electron chi connectivity index (χ3n) is 4.41. The van der Waals surface area contributed by atoms with E-state index in [4.69, 9.17) is 21.4 Å². The number of rotatable bonds is 7. The Kier molecular flexibility index (Phi) is 5.59. The van der Waals surface area contributed by atoms with Gasteiger partial charge >= 0.3 is 5.97 Å². The summed E-state index contributed by atoms with van der Waals surface area (Å²) in [4.78, 5) is 11.2. The fourth-order valence-corrected chi connectivity index (χ4v) is 3.44. The Labute approximate surface area is 157 Å². The number of carbonyl (C=O) groups is 1. The largest absolute Gasteiger partial charge is 0.481 e. The van der Waals surface area contributed by atoms with Crippen molar-refractivity contribution in [2.24, 2.45) is 0 Å². The summed E-state index contributed by atoms with van der Waals surface area (Å²) in [6, 6.07) is 11.7. The fourth-order valence-electron chi connectivity index (χ4n) is 3.25. The average Bonchev–Trinajstić information content (AvgIpc) is 3.02. The summed E-state index contributed by atoms with van der Waals surface area (Å²) >= 11 is 6.22. The molecular weight excluding hydrogens is 352 g/mol. The first-order valence-corrected chi connectivity index (χ1v) is 8.92. The Morgan fingerprint density at radius 2 is 2.12 bits per heavy atom. The number of benzene rings is 1. The molecule has 26 heavy (non-hydrogen) atoms. The van der Waals surface area contributed by atoms with Crippen LogP contribution >= 0.6 is 11.6 Å². The summed E-state index contributed by atoms with van der Waals surface area (Å²) in [6.45, 7) is 2.40. The smallest absolute Gasteiger partial charge is 0.303 e. The number of hydrogen-bond donors (Lipinski definition) is 1. The number of aromatic nitrogens is 2. The number of aryl methyl sites for hydroxylation is 1. The van der Waals surface area contributed by atoms with Crippen molar-refractivity contribution >= 4 is 23.1 Å². The molecule has 0 saturated carbocycles. The normalized spacial score (nSPS) is 11.2. The van der Waals surface area contributed by atoms with Crippen molar-refractivity contribution in [2.75, 3.05) is 7.11 Å². The van der Waals surface area contributed by atoms with Crippen LogP contribution in [0.3, 0.4) is 0 Å². The molecule has 136 valence electrons. The molecule has 3 rings (SSSR count). The Morgan fingerprint density at radius 1 is 1.31 bits per heavy atom. The van der Waals surface area contributed by atoms with Gasteiger partial charge in [-0.25, -0.2) is 4.52 Å². The number of halogens is 1. The summed E-state index contributed by atoms with van der Waals surface area (Å²) in [6.07, 6.45) is 1.26. The lowest BCUT2D eigenvalue weighted by Crippen LogP contribution is -2.11. The topological polar surface area (TPSA) is 63.8 Å². The molecule has 0 aliphatic heterocycles. The zero-order valence-corrected chi connectivity index (χ0v) is 15.6. The SMILES string of the molecule is CCc1ccc2c(-c3cccc(Cl)c3)c(CCC(=O)O)c(COC)nn12. The van der Waals surface area contributed by atoms with E-state index in [-0.39, 0.29) is 6.42 Å². The summed E-state index contributed by atoms with van der Waals surface area (Å²) in [5.74, 6) is -0.838. The van der Waals surface area contributed by atoms with Crippen LogP contribution < -0.4 is 0 Å². The summed E-state index contributed by atoms with van der Waals surface area (Å²) in [7, 11) is 1.61. The van der Waals surface area contributed by atoms with Gasteiger partial charge < -0.3 is 9.84 Å². The number of ether oxygens (including phenoxy) is 1. The number of aliphatic carboxylic acids is 1. The van der Waals surface area contributed by atoms with E-state index in [1.54, 1.807) is 7.11 Å². The van der Waals surface area contributed by atoms with E-state index in [1.165, 1.54) is 0 Å². The Bertz CT molecular complexity index is 950. The minimum absolute atomic E-state index is 0.0312. The van der Waals surface area contributed by atoms with Crippen molar-refractivity contribution in [3.63, 3.8) is 0 Å². The van der Waals surface area contributed by atoms with Crippen LogP contribution in [0.2, 0.25) is 5.02 Å². The summed E-state index contributed by atoms with van der Waals surface area (Å²) in [5, 5.41) is 14.6. The predicted octanol–water partition coefficient (Wildman–Crippen LogP) is 4.38. The van der Waals surface area contributed by atoms with E-state index in [0.29, 0.717) is 18.1 Å². The molecule has 0 fully saturated rings. The third-order valence-corrected chi connectivity index (χ3v) is 4.64.